The van der Waals surface area contributed by atoms with Gasteiger partial charge >= 0.3 is 0 Å². The van der Waals surface area contributed by atoms with E-state index >= 15 is 0 Å². The largest absolute Gasteiger partial charge is 0.300 e. The number of likely N-dealkylation sites (tertiary alicyclic amines) is 2. The molecule has 0 spiro atoms. The lowest BCUT2D eigenvalue weighted by Gasteiger charge is -2.33. The molecule has 0 unspecified atom stereocenters. The molecule has 4 rings (SSSR count). The zero-order valence-electron chi connectivity index (χ0n) is 14.9. The Morgan fingerprint density at radius 3 is 2.42 bits per heavy atom. The highest BCUT2D eigenvalue weighted by Crippen LogP contribution is 2.45. The minimum atomic E-state index is -2.81. The summed E-state index contributed by atoms with van der Waals surface area (Å²) in [5.41, 5.74) is 1.07. The van der Waals surface area contributed by atoms with Crippen molar-refractivity contribution in [1.29, 1.82) is 0 Å². The molecule has 3 aliphatic heterocycles. The standard InChI is InChI=1S/C18H25FN2O2S.2ClH/c1-20-10-14-11-21(16-5-7-24(22,23)8-6-16)12-17(14)18(20)13-3-2-4-15(19)9-13;;/h2-4,9,14,16-18H,5-8,10-12H2,1H3;2*1H/t14-,17+,18-;;/m0../s1. The third-order valence-corrected chi connectivity index (χ3v) is 7.87. The molecule has 3 aliphatic rings. The second kappa shape index (κ2) is 8.31. The fraction of sp³-hybridized carbons (Fsp3) is 0.667. The summed E-state index contributed by atoms with van der Waals surface area (Å²) in [7, 11) is -0.677. The molecule has 3 atom stereocenters. The predicted molar refractivity (Wildman–Crippen MR) is 106 cm³/mol. The summed E-state index contributed by atoms with van der Waals surface area (Å²) in [6.07, 6.45) is 1.53. The fourth-order valence-corrected chi connectivity index (χ4v) is 6.49. The monoisotopic (exact) mass is 424 g/mol. The molecule has 0 N–H and O–H groups in total. The summed E-state index contributed by atoms with van der Waals surface area (Å²) in [4.78, 5) is 4.86. The fourth-order valence-electron chi connectivity index (χ4n) is 5.03. The van der Waals surface area contributed by atoms with Crippen molar-refractivity contribution in [1.82, 2.24) is 9.80 Å². The van der Waals surface area contributed by atoms with Crippen LogP contribution in [0.4, 0.5) is 4.39 Å². The number of hydrogen-bond acceptors (Lipinski definition) is 4. The van der Waals surface area contributed by atoms with Crippen molar-refractivity contribution in [2.45, 2.75) is 24.9 Å². The van der Waals surface area contributed by atoms with E-state index < -0.39 is 9.84 Å². The van der Waals surface area contributed by atoms with Gasteiger partial charge in [0, 0.05) is 31.7 Å². The number of hydrogen-bond donors (Lipinski definition) is 0. The van der Waals surface area contributed by atoms with E-state index in [0.717, 1.165) is 38.0 Å². The van der Waals surface area contributed by atoms with Crippen LogP contribution in [0.2, 0.25) is 0 Å². The van der Waals surface area contributed by atoms with Gasteiger partial charge in [0.25, 0.3) is 0 Å². The van der Waals surface area contributed by atoms with Crippen molar-refractivity contribution in [3.8, 4) is 0 Å². The molecule has 3 fully saturated rings. The predicted octanol–water partition coefficient (Wildman–Crippen LogP) is 2.78. The Morgan fingerprint density at radius 1 is 1.08 bits per heavy atom. The topological polar surface area (TPSA) is 40.6 Å². The summed E-state index contributed by atoms with van der Waals surface area (Å²) in [5, 5.41) is 0. The summed E-state index contributed by atoms with van der Waals surface area (Å²) in [6, 6.07) is 7.66. The number of fused-ring (bicyclic) bond motifs is 1. The average Bonchev–Trinajstić information content (AvgIpc) is 3.03. The number of sulfone groups is 1. The van der Waals surface area contributed by atoms with Crippen molar-refractivity contribution in [3.63, 3.8) is 0 Å². The molecular formula is C18H27Cl2FN2O2S. The summed E-state index contributed by atoms with van der Waals surface area (Å²) in [6.45, 7) is 3.08. The smallest absolute Gasteiger partial charge is 0.150 e. The molecule has 26 heavy (non-hydrogen) atoms. The van der Waals surface area contributed by atoms with Gasteiger partial charge in [0.1, 0.15) is 15.7 Å². The van der Waals surface area contributed by atoms with E-state index in [2.05, 4.69) is 16.8 Å². The maximum Gasteiger partial charge on any atom is 0.150 e. The van der Waals surface area contributed by atoms with Crippen LogP contribution in [-0.4, -0.2) is 62.4 Å². The molecule has 4 nitrogen and oxygen atoms in total. The molecule has 8 heteroatoms. The van der Waals surface area contributed by atoms with Gasteiger partial charge in [0.05, 0.1) is 11.5 Å². The molecule has 3 heterocycles. The number of rotatable bonds is 2. The Balaban J connectivity index is 0.00000121. The van der Waals surface area contributed by atoms with Crippen molar-refractivity contribution in [2.24, 2.45) is 11.8 Å². The second-order valence-corrected chi connectivity index (χ2v) is 10.0. The van der Waals surface area contributed by atoms with Crippen LogP contribution in [0.25, 0.3) is 0 Å². The zero-order valence-corrected chi connectivity index (χ0v) is 17.3. The van der Waals surface area contributed by atoms with Crippen molar-refractivity contribution in [2.75, 3.05) is 38.2 Å². The van der Waals surface area contributed by atoms with Crippen LogP contribution in [-0.2, 0) is 9.84 Å². The van der Waals surface area contributed by atoms with Gasteiger partial charge < -0.3 is 0 Å². The molecule has 0 aromatic heterocycles. The SMILES string of the molecule is CN1C[C@H]2CN(C3CCS(=O)(=O)CC3)C[C@H]2[C@@H]1c1cccc(F)c1.Cl.Cl. The van der Waals surface area contributed by atoms with Crippen LogP contribution in [0, 0.1) is 17.7 Å². The Labute approximate surface area is 167 Å². The lowest BCUT2D eigenvalue weighted by molar-refractivity contribution is 0.178. The van der Waals surface area contributed by atoms with Gasteiger partial charge in [-0.15, -0.1) is 24.8 Å². The number of halogens is 3. The van der Waals surface area contributed by atoms with Gasteiger partial charge in [-0.2, -0.15) is 0 Å². The van der Waals surface area contributed by atoms with Crippen LogP contribution in [0.5, 0.6) is 0 Å². The highest BCUT2D eigenvalue weighted by Gasteiger charge is 2.47. The normalized spacial score (nSPS) is 31.8. The summed E-state index contributed by atoms with van der Waals surface area (Å²) < 4.78 is 37.0. The molecule has 0 radical (unpaired) electrons. The third kappa shape index (κ3) is 4.20. The maximum atomic E-state index is 13.6. The van der Waals surface area contributed by atoms with E-state index in [9.17, 15) is 12.8 Å². The van der Waals surface area contributed by atoms with E-state index in [4.69, 9.17) is 0 Å². The third-order valence-electron chi connectivity index (χ3n) is 6.15. The van der Waals surface area contributed by atoms with Crippen molar-refractivity contribution < 1.29 is 12.8 Å². The first-order valence-electron chi connectivity index (χ1n) is 8.83. The molecular weight excluding hydrogens is 398 g/mol. The molecule has 0 saturated carbocycles. The van der Waals surface area contributed by atoms with Gasteiger partial charge in [-0.25, -0.2) is 12.8 Å². The first-order valence-corrected chi connectivity index (χ1v) is 10.7. The van der Waals surface area contributed by atoms with E-state index in [1.807, 2.05) is 6.07 Å². The van der Waals surface area contributed by atoms with Crippen molar-refractivity contribution in [3.05, 3.63) is 35.6 Å². The van der Waals surface area contributed by atoms with E-state index in [-0.39, 0.29) is 36.7 Å². The molecule has 0 amide bonds. The Kier molecular flexibility index (Phi) is 7.00. The summed E-state index contributed by atoms with van der Waals surface area (Å²) in [5.74, 6) is 1.60. The summed E-state index contributed by atoms with van der Waals surface area (Å²) >= 11 is 0. The second-order valence-electron chi connectivity index (χ2n) is 7.70. The van der Waals surface area contributed by atoms with Crippen LogP contribution in [0.3, 0.4) is 0 Å². The molecule has 3 saturated heterocycles. The lowest BCUT2D eigenvalue weighted by atomic mass is 9.89. The number of nitrogens with zero attached hydrogens (tertiary/aromatic N) is 2. The first-order chi connectivity index (χ1) is 11.4. The quantitative estimate of drug-likeness (QED) is 0.731. The van der Waals surface area contributed by atoms with E-state index in [0.29, 0.717) is 29.4 Å². The Morgan fingerprint density at radius 2 is 1.77 bits per heavy atom. The average molecular weight is 425 g/mol. The van der Waals surface area contributed by atoms with Crippen molar-refractivity contribution >= 4 is 34.7 Å². The van der Waals surface area contributed by atoms with Crippen LogP contribution < -0.4 is 0 Å². The van der Waals surface area contributed by atoms with E-state index in [1.54, 1.807) is 12.1 Å². The van der Waals surface area contributed by atoms with Gasteiger partial charge in [0.2, 0.25) is 0 Å². The number of benzene rings is 1. The first kappa shape index (κ1) is 21.9. The van der Waals surface area contributed by atoms with E-state index in [1.165, 1.54) is 6.07 Å². The molecule has 0 aliphatic carbocycles. The molecule has 1 aromatic rings. The maximum absolute atomic E-state index is 13.6. The Bertz CT molecular complexity index is 720. The Hall–Kier alpha value is -0.400. The molecule has 0 bridgehead atoms. The molecule has 1 aromatic carbocycles. The van der Waals surface area contributed by atoms with Crippen LogP contribution >= 0.6 is 24.8 Å². The van der Waals surface area contributed by atoms with Crippen LogP contribution in [0.15, 0.2) is 24.3 Å². The van der Waals surface area contributed by atoms with Gasteiger partial charge in [-0.1, -0.05) is 12.1 Å². The van der Waals surface area contributed by atoms with Gasteiger partial charge in [-0.3, -0.25) is 9.80 Å². The highest BCUT2D eigenvalue weighted by molar-refractivity contribution is 7.91. The minimum Gasteiger partial charge on any atom is -0.300 e. The lowest BCUT2D eigenvalue weighted by Crippen LogP contribution is -2.41. The zero-order chi connectivity index (χ0) is 16.9. The van der Waals surface area contributed by atoms with Gasteiger partial charge in [0.15, 0.2) is 0 Å². The molecule has 148 valence electrons. The highest BCUT2D eigenvalue weighted by atomic mass is 35.5. The van der Waals surface area contributed by atoms with Gasteiger partial charge in [-0.05, 0) is 49.4 Å². The minimum absolute atomic E-state index is 0. The van der Waals surface area contributed by atoms with Crippen LogP contribution in [0.1, 0.15) is 24.4 Å².